The molecular formula is C10H9BrF2N2O. The molecule has 0 unspecified atom stereocenters. The first kappa shape index (κ1) is 12.6. The number of urea groups is 1. The molecule has 0 saturated heterocycles. The van der Waals surface area contributed by atoms with Crippen LogP contribution >= 0.6 is 15.9 Å². The number of carbonyl (C=O) groups is 1. The highest BCUT2D eigenvalue weighted by Crippen LogP contribution is 2.14. The van der Waals surface area contributed by atoms with Crippen LogP contribution in [0.4, 0.5) is 19.3 Å². The summed E-state index contributed by atoms with van der Waals surface area (Å²) in [5.74, 6) is -1.32. The van der Waals surface area contributed by atoms with Gasteiger partial charge in [0.25, 0.3) is 0 Å². The summed E-state index contributed by atoms with van der Waals surface area (Å²) in [6, 6.07) is 2.18. The standard InChI is InChI=1S/C10H9BrF2N2O/c1-6(11)5-14-10(16)15-9-4-7(12)2-3-8(9)13/h2-4H,1,5H2,(H2,14,15,16). The van der Waals surface area contributed by atoms with Gasteiger partial charge in [0.1, 0.15) is 11.6 Å². The first-order valence-electron chi connectivity index (χ1n) is 4.32. The van der Waals surface area contributed by atoms with E-state index in [4.69, 9.17) is 0 Å². The quantitative estimate of drug-likeness (QED) is 0.883. The summed E-state index contributed by atoms with van der Waals surface area (Å²) >= 11 is 3.04. The maximum absolute atomic E-state index is 13.1. The van der Waals surface area contributed by atoms with Crippen molar-refractivity contribution in [3.63, 3.8) is 0 Å². The van der Waals surface area contributed by atoms with Gasteiger partial charge in [0.05, 0.1) is 12.2 Å². The zero-order valence-corrected chi connectivity index (χ0v) is 9.77. The Balaban J connectivity index is 2.62. The van der Waals surface area contributed by atoms with Gasteiger partial charge in [-0.25, -0.2) is 13.6 Å². The summed E-state index contributed by atoms with van der Waals surface area (Å²) in [5, 5.41) is 4.57. The molecule has 2 amide bonds. The lowest BCUT2D eigenvalue weighted by atomic mass is 10.3. The fourth-order valence-corrected chi connectivity index (χ4v) is 1.08. The van der Waals surface area contributed by atoms with E-state index in [0.717, 1.165) is 18.2 Å². The van der Waals surface area contributed by atoms with Crippen LogP contribution in [0, 0.1) is 11.6 Å². The third-order valence-electron chi connectivity index (χ3n) is 1.62. The van der Waals surface area contributed by atoms with Crippen molar-refractivity contribution in [1.82, 2.24) is 5.32 Å². The molecule has 0 saturated carbocycles. The van der Waals surface area contributed by atoms with E-state index in [1.807, 2.05) is 0 Å². The minimum Gasteiger partial charge on any atom is -0.333 e. The molecule has 16 heavy (non-hydrogen) atoms. The van der Waals surface area contributed by atoms with E-state index in [1.165, 1.54) is 0 Å². The molecule has 0 aliphatic carbocycles. The maximum atomic E-state index is 13.1. The van der Waals surface area contributed by atoms with E-state index < -0.39 is 17.7 Å². The van der Waals surface area contributed by atoms with Crippen molar-refractivity contribution in [3.05, 3.63) is 40.9 Å². The predicted molar refractivity (Wildman–Crippen MR) is 61.4 cm³/mol. The van der Waals surface area contributed by atoms with Gasteiger partial charge >= 0.3 is 6.03 Å². The molecule has 0 spiro atoms. The summed E-state index contributed by atoms with van der Waals surface area (Å²) in [6.45, 7) is 3.70. The molecule has 2 N–H and O–H groups in total. The Morgan fingerprint density at radius 2 is 2.12 bits per heavy atom. The van der Waals surface area contributed by atoms with E-state index >= 15 is 0 Å². The van der Waals surface area contributed by atoms with Crippen LogP contribution in [0.3, 0.4) is 0 Å². The molecule has 1 aromatic carbocycles. The number of anilines is 1. The summed E-state index contributed by atoms with van der Waals surface area (Å²) in [6.07, 6.45) is 0. The molecule has 0 bridgehead atoms. The van der Waals surface area contributed by atoms with Crippen molar-refractivity contribution in [2.45, 2.75) is 0 Å². The van der Waals surface area contributed by atoms with Gasteiger partial charge in [-0.15, -0.1) is 0 Å². The van der Waals surface area contributed by atoms with Gasteiger partial charge < -0.3 is 10.6 Å². The topological polar surface area (TPSA) is 41.1 Å². The fourth-order valence-electron chi connectivity index (χ4n) is 0.936. The number of hydrogen-bond acceptors (Lipinski definition) is 1. The lowest BCUT2D eigenvalue weighted by Gasteiger charge is -2.07. The number of benzene rings is 1. The minimum atomic E-state index is -0.700. The second-order valence-electron chi connectivity index (χ2n) is 2.95. The van der Waals surface area contributed by atoms with Gasteiger partial charge in [-0.05, 0) is 12.1 Å². The highest BCUT2D eigenvalue weighted by molar-refractivity contribution is 9.11. The van der Waals surface area contributed by atoms with Gasteiger partial charge in [-0.1, -0.05) is 22.5 Å². The molecule has 0 heterocycles. The Kier molecular flexibility index (Phi) is 4.42. The molecule has 6 heteroatoms. The Morgan fingerprint density at radius 1 is 1.44 bits per heavy atom. The Bertz CT molecular complexity index is 423. The van der Waals surface area contributed by atoms with Gasteiger partial charge in [0.2, 0.25) is 0 Å². The Hall–Kier alpha value is -1.43. The van der Waals surface area contributed by atoms with Crippen molar-refractivity contribution in [2.24, 2.45) is 0 Å². The SMILES string of the molecule is C=C(Br)CNC(=O)Nc1cc(F)ccc1F. The normalized spacial score (nSPS) is 9.69. The van der Waals surface area contributed by atoms with E-state index in [9.17, 15) is 13.6 Å². The van der Waals surface area contributed by atoms with Crippen LogP contribution in [0.15, 0.2) is 29.3 Å². The molecule has 0 aromatic heterocycles. The van der Waals surface area contributed by atoms with E-state index in [1.54, 1.807) is 0 Å². The molecule has 0 aliphatic rings. The second kappa shape index (κ2) is 5.60. The number of amides is 2. The maximum Gasteiger partial charge on any atom is 0.319 e. The fraction of sp³-hybridized carbons (Fsp3) is 0.100. The van der Waals surface area contributed by atoms with Crippen molar-refractivity contribution in [1.29, 1.82) is 0 Å². The largest absolute Gasteiger partial charge is 0.333 e. The molecule has 0 fully saturated rings. The first-order valence-corrected chi connectivity index (χ1v) is 5.11. The Morgan fingerprint density at radius 3 is 2.75 bits per heavy atom. The highest BCUT2D eigenvalue weighted by atomic mass is 79.9. The zero-order valence-electron chi connectivity index (χ0n) is 8.19. The van der Waals surface area contributed by atoms with Crippen LogP contribution in [0.1, 0.15) is 0 Å². The van der Waals surface area contributed by atoms with Crippen LogP contribution in [-0.2, 0) is 0 Å². The first-order chi connectivity index (χ1) is 7.49. The van der Waals surface area contributed by atoms with Crippen molar-refractivity contribution >= 4 is 27.6 Å². The van der Waals surface area contributed by atoms with Crippen LogP contribution in [0.2, 0.25) is 0 Å². The van der Waals surface area contributed by atoms with Crippen LogP contribution in [0.5, 0.6) is 0 Å². The molecule has 0 atom stereocenters. The van der Waals surface area contributed by atoms with Gasteiger partial charge in [-0.3, -0.25) is 0 Å². The monoisotopic (exact) mass is 290 g/mol. The van der Waals surface area contributed by atoms with Crippen molar-refractivity contribution in [2.75, 3.05) is 11.9 Å². The number of rotatable bonds is 3. The van der Waals surface area contributed by atoms with E-state index in [-0.39, 0.29) is 12.2 Å². The lowest BCUT2D eigenvalue weighted by Crippen LogP contribution is -2.29. The second-order valence-corrected chi connectivity index (χ2v) is 4.07. The van der Waals surface area contributed by atoms with Crippen LogP contribution in [0.25, 0.3) is 0 Å². The van der Waals surface area contributed by atoms with E-state index in [2.05, 4.69) is 33.1 Å². The van der Waals surface area contributed by atoms with Gasteiger partial charge in [0.15, 0.2) is 0 Å². The van der Waals surface area contributed by atoms with Crippen molar-refractivity contribution in [3.8, 4) is 0 Å². The van der Waals surface area contributed by atoms with Gasteiger partial charge in [0, 0.05) is 10.5 Å². The smallest absolute Gasteiger partial charge is 0.319 e. The van der Waals surface area contributed by atoms with Crippen molar-refractivity contribution < 1.29 is 13.6 Å². The third kappa shape index (κ3) is 3.98. The number of halogens is 3. The molecular weight excluding hydrogens is 282 g/mol. The zero-order chi connectivity index (χ0) is 12.1. The highest BCUT2D eigenvalue weighted by Gasteiger charge is 2.07. The van der Waals surface area contributed by atoms with Crippen LogP contribution in [-0.4, -0.2) is 12.6 Å². The average molecular weight is 291 g/mol. The predicted octanol–water partition coefficient (Wildman–Crippen LogP) is 2.99. The number of nitrogens with one attached hydrogen (secondary N) is 2. The minimum absolute atomic E-state index is 0.197. The van der Waals surface area contributed by atoms with Crippen LogP contribution < -0.4 is 10.6 Å². The number of carbonyl (C=O) groups excluding carboxylic acids is 1. The molecule has 0 radical (unpaired) electrons. The Labute approximate surface area is 99.7 Å². The molecule has 86 valence electrons. The van der Waals surface area contributed by atoms with Gasteiger partial charge in [-0.2, -0.15) is 0 Å². The lowest BCUT2D eigenvalue weighted by molar-refractivity contribution is 0.253. The molecule has 1 aromatic rings. The summed E-state index contributed by atoms with van der Waals surface area (Å²) in [5.41, 5.74) is -0.210. The summed E-state index contributed by atoms with van der Waals surface area (Å²) in [4.78, 5) is 11.2. The third-order valence-corrected chi connectivity index (χ3v) is 1.90. The molecule has 0 aliphatic heterocycles. The number of hydrogen-bond donors (Lipinski definition) is 2. The molecule has 1 rings (SSSR count). The average Bonchev–Trinajstić information content (AvgIpc) is 2.20. The summed E-state index contributed by atoms with van der Waals surface area (Å²) < 4.78 is 26.4. The summed E-state index contributed by atoms with van der Waals surface area (Å²) in [7, 11) is 0. The molecule has 3 nitrogen and oxygen atoms in total. The van der Waals surface area contributed by atoms with E-state index in [0.29, 0.717) is 4.48 Å².